The maximum absolute atomic E-state index is 14.5. The normalized spacial score (nSPS) is 12.4. The van der Waals surface area contributed by atoms with Crippen LogP contribution >= 0.6 is 0 Å². The van der Waals surface area contributed by atoms with E-state index < -0.39 is 34.3 Å². The van der Waals surface area contributed by atoms with Crippen molar-refractivity contribution in [2.75, 3.05) is 25.1 Å². The van der Waals surface area contributed by atoms with E-state index in [0.29, 0.717) is 17.7 Å². The highest BCUT2D eigenvalue weighted by Gasteiger charge is 2.35. The van der Waals surface area contributed by atoms with E-state index in [1.54, 1.807) is 30.3 Å². The van der Waals surface area contributed by atoms with Crippen LogP contribution in [0.2, 0.25) is 0 Å². The smallest absolute Gasteiger partial charge is 0.264 e. The summed E-state index contributed by atoms with van der Waals surface area (Å²) in [7, 11) is -1.50. The molecule has 9 nitrogen and oxygen atoms in total. The maximum Gasteiger partial charge on any atom is 0.264 e. The number of carbonyl (C=O) groups excluding carboxylic acids is 2. The Kier molecular flexibility index (Phi) is 12.0. The van der Waals surface area contributed by atoms with E-state index in [4.69, 9.17) is 9.47 Å². The van der Waals surface area contributed by atoms with Crippen molar-refractivity contribution in [2.45, 2.75) is 50.2 Å². The topological polar surface area (TPSA) is 105 Å². The first-order valence-corrected chi connectivity index (χ1v) is 16.7. The number of rotatable bonds is 15. The number of benzene rings is 4. The van der Waals surface area contributed by atoms with Crippen molar-refractivity contribution in [3.05, 3.63) is 120 Å². The summed E-state index contributed by atoms with van der Waals surface area (Å²) in [5.41, 5.74) is 1.63. The predicted octanol–water partition coefficient (Wildman–Crippen LogP) is 5.59. The minimum atomic E-state index is -4.35. The molecule has 2 atom stereocenters. The average Bonchev–Trinajstić information content (AvgIpc) is 3.09. The summed E-state index contributed by atoms with van der Waals surface area (Å²) in [4.78, 5) is 29.7. The van der Waals surface area contributed by atoms with Gasteiger partial charge in [-0.2, -0.15) is 0 Å². The molecule has 0 fully saturated rings. The molecule has 4 aromatic rings. The average molecular weight is 662 g/mol. The van der Waals surface area contributed by atoms with E-state index >= 15 is 0 Å². The molecule has 0 radical (unpaired) electrons. The minimum Gasteiger partial charge on any atom is -0.493 e. The van der Waals surface area contributed by atoms with E-state index in [9.17, 15) is 22.4 Å². The second-order valence-electron chi connectivity index (χ2n) is 11.0. The SMILES string of the molecule is CCC(C)NC(=O)C(Cc1ccccc1)N(Cc1ccc(F)cc1)C(=O)CN(c1ccccc1)S(=O)(=O)c1ccc(OC)c(OC)c1. The van der Waals surface area contributed by atoms with Gasteiger partial charge < -0.3 is 19.7 Å². The lowest BCUT2D eigenvalue weighted by atomic mass is 10.0. The fourth-order valence-corrected chi connectivity index (χ4v) is 6.44. The Hall–Kier alpha value is -4.90. The van der Waals surface area contributed by atoms with Crippen LogP contribution in [-0.4, -0.2) is 58.0 Å². The van der Waals surface area contributed by atoms with Crippen molar-refractivity contribution in [1.82, 2.24) is 10.2 Å². The number of anilines is 1. The highest BCUT2D eigenvalue weighted by atomic mass is 32.2. The standard InChI is InChI=1S/C36H40FN3O6S/c1-5-26(2)38-36(42)32(22-27-12-8-6-9-13-27)39(24-28-16-18-29(37)19-17-28)35(41)25-40(30-14-10-7-11-15-30)47(43,44)31-20-21-33(45-3)34(23-31)46-4/h6-21,23,26,32H,5,22,24-25H2,1-4H3,(H,38,42). The molecule has 0 saturated heterocycles. The van der Waals surface area contributed by atoms with Crippen molar-refractivity contribution >= 4 is 27.5 Å². The second kappa shape index (κ2) is 16.1. The highest BCUT2D eigenvalue weighted by molar-refractivity contribution is 7.92. The molecule has 0 aliphatic carbocycles. The fraction of sp³-hybridized carbons (Fsp3) is 0.278. The molecule has 2 amide bonds. The molecule has 4 rings (SSSR count). The van der Waals surface area contributed by atoms with Crippen LogP contribution in [0.15, 0.2) is 108 Å². The van der Waals surface area contributed by atoms with Gasteiger partial charge in [-0.1, -0.05) is 67.6 Å². The number of carbonyl (C=O) groups is 2. The third kappa shape index (κ3) is 8.88. The Morgan fingerprint density at radius 2 is 1.45 bits per heavy atom. The van der Waals surface area contributed by atoms with Crippen LogP contribution in [0.4, 0.5) is 10.1 Å². The van der Waals surface area contributed by atoms with Crippen molar-refractivity contribution in [1.29, 1.82) is 0 Å². The van der Waals surface area contributed by atoms with Gasteiger partial charge in [-0.15, -0.1) is 0 Å². The Balaban J connectivity index is 1.81. The third-order valence-electron chi connectivity index (χ3n) is 7.80. The number of ether oxygens (including phenoxy) is 2. The van der Waals surface area contributed by atoms with Crippen molar-refractivity contribution in [3.8, 4) is 11.5 Å². The summed E-state index contributed by atoms with van der Waals surface area (Å²) in [6, 6.07) is 26.2. The molecular formula is C36H40FN3O6S. The van der Waals surface area contributed by atoms with E-state index in [2.05, 4.69) is 5.32 Å². The molecule has 47 heavy (non-hydrogen) atoms. The summed E-state index contributed by atoms with van der Waals surface area (Å²) < 4.78 is 54.1. The summed E-state index contributed by atoms with van der Waals surface area (Å²) in [6.07, 6.45) is 0.838. The van der Waals surface area contributed by atoms with E-state index in [1.165, 1.54) is 61.6 Å². The molecule has 0 aliphatic heterocycles. The number of nitrogens with zero attached hydrogens (tertiary/aromatic N) is 2. The van der Waals surface area contributed by atoms with Crippen LogP contribution < -0.4 is 19.1 Å². The molecule has 4 aromatic carbocycles. The molecule has 0 aliphatic rings. The fourth-order valence-electron chi connectivity index (χ4n) is 5.01. The van der Waals surface area contributed by atoms with Crippen molar-refractivity contribution < 1.29 is 31.9 Å². The van der Waals surface area contributed by atoms with Crippen LogP contribution in [0.25, 0.3) is 0 Å². The minimum absolute atomic E-state index is 0.0659. The molecule has 11 heteroatoms. The number of para-hydroxylation sites is 1. The summed E-state index contributed by atoms with van der Waals surface area (Å²) in [5, 5.41) is 2.99. The zero-order valence-corrected chi connectivity index (χ0v) is 27.7. The number of methoxy groups -OCH3 is 2. The number of nitrogens with one attached hydrogen (secondary N) is 1. The Morgan fingerprint density at radius 3 is 2.04 bits per heavy atom. The van der Waals surface area contributed by atoms with Crippen molar-refractivity contribution in [2.24, 2.45) is 0 Å². The Labute approximate surface area is 276 Å². The van der Waals surface area contributed by atoms with Crippen LogP contribution in [0.5, 0.6) is 11.5 Å². The van der Waals surface area contributed by atoms with Gasteiger partial charge in [0.1, 0.15) is 18.4 Å². The Morgan fingerprint density at radius 1 is 0.830 bits per heavy atom. The van der Waals surface area contributed by atoms with Crippen LogP contribution in [0.1, 0.15) is 31.4 Å². The quantitative estimate of drug-likeness (QED) is 0.178. The lowest BCUT2D eigenvalue weighted by Crippen LogP contribution is -2.54. The van der Waals surface area contributed by atoms with Crippen LogP contribution in [-0.2, 0) is 32.6 Å². The summed E-state index contributed by atoms with van der Waals surface area (Å²) >= 11 is 0. The van der Waals surface area contributed by atoms with E-state index in [1.807, 2.05) is 44.2 Å². The van der Waals surface area contributed by atoms with Gasteiger partial charge in [0, 0.05) is 25.1 Å². The van der Waals surface area contributed by atoms with Gasteiger partial charge in [0.05, 0.1) is 24.8 Å². The number of sulfonamides is 1. The summed E-state index contributed by atoms with van der Waals surface area (Å²) in [5.74, 6) is -0.904. The molecule has 0 heterocycles. The number of halogens is 1. The lowest BCUT2D eigenvalue weighted by molar-refractivity contribution is -0.140. The Bertz CT molecular complexity index is 1740. The van der Waals surface area contributed by atoms with Gasteiger partial charge in [0.15, 0.2) is 11.5 Å². The molecule has 2 unspecified atom stereocenters. The molecule has 1 N–H and O–H groups in total. The van der Waals surface area contributed by atoms with E-state index in [0.717, 1.165) is 9.87 Å². The number of amides is 2. The van der Waals surface area contributed by atoms with E-state index in [-0.39, 0.29) is 41.2 Å². The lowest BCUT2D eigenvalue weighted by Gasteiger charge is -2.34. The van der Waals surface area contributed by atoms with Crippen LogP contribution in [0, 0.1) is 5.82 Å². The number of hydrogen-bond donors (Lipinski definition) is 1. The van der Waals surface area contributed by atoms with Crippen LogP contribution in [0.3, 0.4) is 0 Å². The zero-order chi connectivity index (χ0) is 34.0. The first-order valence-electron chi connectivity index (χ1n) is 15.2. The monoisotopic (exact) mass is 661 g/mol. The van der Waals surface area contributed by atoms with Gasteiger partial charge in [0.2, 0.25) is 11.8 Å². The van der Waals surface area contributed by atoms with Gasteiger partial charge in [-0.05, 0) is 60.9 Å². The summed E-state index contributed by atoms with van der Waals surface area (Å²) in [6.45, 7) is 3.12. The number of hydrogen-bond acceptors (Lipinski definition) is 6. The third-order valence-corrected chi connectivity index (χ3v) is 9.57. The van der Waals surface area contributed by atoms with Crippen molar-refractivity contribution in [3.63, 3.8) is 0 Å². The molecule has 0 aromatic heterocycles. The maximum atomic E-state index is 14.5. The first-order chi connectivity index (χ1) is 22.6. The largest absolute Gasteiger partial charge is 0.493 e. The zero-order valence-electron chi connectivity index (χ0n) is 26.9. The first kappa shape index (κ1) is 35.0. The van der Waals surface area contributed by atoms with Gasteiger partial charge in [-0.3, -0.25) is 13.9 Å². The molecule has 0 saturated carbocycles. The highest BCUT2D eigenvalue weighted by Crippen LogP contribution is 2.32. The second-order valence-corrected chi connectivity index (χ2v) is 12.9. The molecule has 248 valence electrons. The van der Waals surface area contributed by atoms with Gasteiger partial charge >= 0.3 is 0 Å². The van der Waals surface area contributed by atoms with Gasteiger partial charge in [-0.25, -0.2) is 12.8 Å². The van der Waals surface area contributed by atoms with Gasteiger partial charge in [0.25, 0.3) is 10.0 Å². The molecular weight excluding hydrogens is 621 g/mol. The predicted molar refractivity (Wildman–Crippen MR) is 179 cm³/mol. The molecule has 0 bridgehead atoms. The molecule has 0 spiro atoms.